The van der Waals surface area contributed by atoms with E-state index in [1.165, 1.54) is 0 Å². The molecule has 17 heavy (non-hydrogen) atoms. The molecule has 0 aliphatic carbocycles. The van der Waals surface area contributed by atoms with Gasteiger partial charge in [-0.25, -0.2) is 4.98 Å². The maximum Gasteiger partial charge on any atom is 0.182 e. The summed E-state index contributed by atoms with van der Waals surface area (Å²) in [6.07, 6.45) is 1.11. The third-order valence-corrected chi connectivity index (χ3v) is 3.39. The fraction of sp³-hybridized carbons (Fsp3) is 0.333. The molecule has 1 fully saturated rings. The van der Waals surface area contributed by atoms with Crippen molar-refractivity contribution in [1.82, 2.24) is 20.5 Å². The van der Waals surface area contributed by atoms with E-state index in [-0.39, 0.29) is 0 Å². The Morgan fingerprint density at radius 1 is 1.29 bits per heavy atom. The second-order valence-electron chi connectivity index (χ2n) is 4.21. The Bertz CT molecular complexity index is 517. The molecule has 1 aromatic carbocycles. The van der Waals surface area contributed by atoms with Gasteiger partial charge in [0.1, 0.15) is 5.82 Å². The highest BCUT2D eigenvalue weighted by Gasteiger charge is 2.20. The molecule has 1 unspecified atom stereocenters. The second kappa shape index (κ2) is 4.47. The van der Waals surface area contributed by atoms with E-state index in [9.17, 15) is 0 Å². The fourth-order valence-corrected chi connectivity index (χ4v) is 2.33. The van der Waals surface area contributed by atoms with Crippen molar-refractivity contribution < 1.29 is 0 Å². The minimum Gasteiger partial charge on any atom is -0.316 e. The van der Waals surface area contributed by atoms with Crippen molar-refractivity contribution >= 4 is 11.6 Å². The third kappa shape index (κ3) is 2.06. The first-order valence-electron chi connectivity index (χ1n) is 5.72. The highest BCUT2D eigenvalue weighted by molar-refractivity contribution is 6.33. The van der Waals surface area contributed by atoms with Gasteiger partial charge in [-0.15, -0.1) is 0 Å². The maximum absolute atomic E-state index is 6.12. The number of benzene rings is 1. The predicted octanol–water partition coefficient (Wildman–Crippen LogP) is 2.20. The summed E-state index contributed by atoms with van der Waals surface area (Å²) < 4.78 is 0. The molecule has 0 radical (unpaired) electrons. The molecule has 1 atom stereocenters. The lowest BCUT2D eigenvalue weighted by Gasteiger charge is -2.01. The van der Waals surface area contributed by atoms with Gasteiger partial charge in [0.25, 0.3) is 0 Å². The molecule has 88 valence electrons. The monoisotopic (exact) mass is 248 g/mol. The molecule has 1 saturated heterocycles. The van der Waals surface area contributed by atoms with Crippen molar-refractivity contribution in [3.63, 3.8) is 0 Å². The molecule has 0 bridgehead atoms. The number of nitrogens with one attached hydrogen (secondary N) is 2. The lowest BCUT2D eigenvalue weighted by Crippen LogP contribution is -2.08. The average molecular weight is 249 g/mol. The lowest BCUT2D eigenvalue weighted by molar-refractivity contribution is 0.706. The van der Waals surface area contributed by atoms with Crippen LogP contribution in [0.2, 0.25) is 5.02 Å². The van der Waals surface area contributed by atoms with Crippen LogP contribution >= 0.6 is 11.6 Å². The van der Waals surface area contributed by atoms with Gasteiger partial charge in [-0.3, -0.25) is 5.10 Å². The van der Waals surface area contributed by atoms with Gasteiger partial charge in [-0.2, -0.15) is 5.10 Å². The van der Waals surface area contributed by atoms with Gasteiger partial charge in [0.05, 0.1) is 5.02 Å². The van der Waals surface area contributed by atoms with Gasteiger partial charge in [0, 0.05) is 18.0 Å². The zero-order chi connectivity index (χ0) is 11.7. The van der Waals surface area contributed by atoms with E-state index in [0.717, 1.165) is 30.9 Å². The van der Waals surface area contributed by atoms with E-state index >= 15 is 0 Å². The standard InChI is InChI=1S/C12H13ClN4/c13-10-4-2-1-3-9(10)12-15-11(16-17-12)8-5-6-14-7-8/h1-4,8,14H,5-7H2,(H,15,16,17). The van der Waals surface area contributed by atoms with Crippen molar-refractivity contribution in [2.45, 2.75) is 12.3 Å². The second-order valence-corrected chi connectivity index (χ2v) is 4.62. The quantitative estimate of drug-likeness (QED) is 0.857. The molecule has 2 aromatic rings. The van der Waals surface area contributed by atoms with Crippen molar-refractivity contribution in [1.29, 1.82) is 0 Å². The molecule has 1 aromatic heterocycles. The van der Waals surface area contributed by atoms with Crippen molar-refractivity contribution in [2.24, 2.45) is 0 Å². The lowest BCUT2D eigenvalue weighted by atomic mass is 10.1. The van der Waals surface area contributed by atoms with Crippen molar-refractivity contribution in [3.8, 4) is 11.4 Å². The molecule has 3 rings (SSSR count). The van der Waals surface area contributed by atoms with Crippen LogP contribution in [0.5, 0.6) is 0 Å². The number of hydrogen-bond donors (Lipinski definition) is 2. The van der Waals surface area contributed by atoms with Crippen LogP contribution in [0.3, 0.4) is 0 Å². The summed E-state index contributed by atoms with van der Waals surface area (Å²) in [6.45, 7) is 2.02. The number of aromatic amines is 1. The molecular formula is C12H13ClN4. The topological polar surface area (TPSA) is 53.6 Å². The van der Waals surface area contributed by atoms with Crippen LogP contribution < -0.4 is 5.32 Å². The normalized spacial score (nSPS) is 19.7. The molecule has 1 aliphatic heterocycles. The Hall–Kier alpha value is -1.39. The molecular weight excluding hydrogens is 236 g/mol. The van der Waals surface area contributed by atoms with Crippen LogP contribution in [0, 0.1) is 0 Å². The SMILES string of the molecule is Clc1ccccc1-c1n[nH]c(C2CCNC2)n1. The van der Waals surface area contributed by atoms with Gasteiger partial charge in [-0.1, -0.05) is 23.7 Å². The number of H-pyrrole nitrogens is 1. The minimum absolute atomic E-state index is 0.443. The summed E-state index contributed by atoms with van der Waals surface area (Å²) in [5, 5.41) is 11.3. The van der Waals surface area contributed by atoms with Gasteiger partial charge < -0.3 is 5.32 Å². The minimum atomic E-state index is 0.443. The first-order chi connectivity index (χ1) is 8.34. The molecule has 2 heterocycles. The molecule has 4 nitrogen and oxygen atoms in total. The molecule has 0 amide bonds. The van der Waals surface area contributed by atoms with Crippen molar-refractivity contribution in [2.75, 3.05) is 13.1 Å². The highest BCUT2D eigenvalue weighted by atomic mass is 35.5. The number of aromatic nitrogens is 3. The van der Waals surface area contributed by atoms with E-state index in [1.807, 2.05) is 24.3 Å². The number of nitrogens with zero attached hydrogens (tertiary/aromatic N) is 2. The molecule has 0 spiro atoms. The van der Waals surface area contributed by atoms with Crippen molar-refractivity contribution in [3.05, 3.63) is 35.1 Å². The van der Waals surface area contributed by atoms with E-state index in [2.05, 4.69) is 20.5 Å². The van der Waals surface area contributed by atoms with Crippen LogP contribution in [0.25, 0.3) is 11.4 Å². The average Bonchev–Trinajstić information content (AvgIpc) is 3.00. The van der Waals surface area contributed by atoms with Gasteiger partial charge in [0.2, 0.25) is 0 Å². The summed E-state index contributed by atoms with van der Waals surface area (Å²) in [7, 11) is 0. The van der Waals surface area contributed by atoms with E-state index in [0.29, 0.717) is 16.8 Å². The van der Waals surface area contributed by atoms with E-state index in [4.69, 9.17) is 11.6 Å². The molecule has 0 saturated carbocycles. The number of hydrogen-bond acceptors (Lipinski definition) is 3. The first-order valence-corrected chi connectivity index (χ1v) is 6.10. The summed E-state index contributed by atoms with van der Waals surface area (Å²) in [5.41, 5.74) is 0.877. The van der Waals surface area contributed by atoms with Gasteiger partial charge in [-0.05, 0) is 25.1 Å². The Morgan fingerprint density at radius 2 is 2.18 bits per heavy atom. The Kier molecular flexibility index (Phi) is 2.82. The predicted molar refractivity (Wildman–Crippen MR) is 67.1 cm³/mol. The molecule has 1 aliphatic rings. The molecule has 2 N–H and O–H groups in total. The summed E-state index contributed by atoms with van der Waals surface area (Å²) in [4.78, 5) is 4.53. The Balaban J connectivity index is 1.92. The van der Waals surface area contributed by atoms with Crippen LogP contribution in [0.4, 0.5) is 0 Å². The maximum atomic E-state index is 6.12. The van der Waals surface area contributed by atoms with Crippen LogP contribution in [0.1, 0.15) is 18.2 Å². The first kappa shape index (κ1) is 10.7. The van der Waals surface area contributed by atoms with Crippen LogP contribution in [-0.4, -0.2) is 28.3 Å². The largest absolute Gasteiger partial charge is 0.316 e. The summed E-state index contributed by atoms with van der Waals surface area (Å²) in [6, 6.07) is 7.63. The van der Waals surface area contributed by atoms with Gasteiger partial charge >= 0.3 is 0 Å². The third-order valence-electron chi connectivity index (χ3n) is 3.06. The number of rotatable bonds is 2. The summed E-state index contributed by atoms with van der Waals surface area (Å²) >= 11 is 6.12. The fourth-order valence-electron chi connectivity index (χ4n) is 2.11. The Labute approximate surface area is 104 Å². The molecule has 5 heteroatoms. The van der Waals surface area contributed by atoms with Crippen LogP contribution in [0.15, 0.2) is 24.3 Å². The zero-order valence-electron chi connectivity index (χ0n) is 9.28. The highest BCUT2D eigenvalue weighted by Crippen LogP contribution is 2.26. The van der Waals surface area contributed by atoms with E-state index < -0.39 is 0 Å². The van der Waals surface area contributed by atoms with Crippen LogP contribution in [-0.2, 0) is 0 Å². The summed E-state index contributed by atoms with van der Waals surface area (Å²) in [5.74, 6) is 2.07. The smallest absolute Gasteiger partial charge is 0.182 e. The Morgan fingerprint density at radius 3 is 2.94 bits per heavy atom. The van der Waals surface area contributed by atoms with E-state index in [1.54, 1.807) is 0 Å². The zero-order valence-corrected chi connectivity index (χ0v) is 10.0. The van der Waals surface area contributed by atoms with Gasteiger partial charge in [0.15, 0.2) is 5.82 Å². The number of halogens is 1.